The minimum Gasteiger partial charge on any atom is -0.478 e. The Kier molecular flexibility index (Phi) is 3.98. The highest BCUT2D eigenvalue weighted by atomic mass is 35.5. The number of carboxylic acid groups (broad SMARTS) is 1. The molecular weight excluding hydrogens is 329 g/mol. The van der Waals surface area contributed by atoms with Gasteiger partial charge in [-0.1, -0.05) is 11.6 Å². The molecule has 5 nitrogen and oxygen atoms in total. The first-order valence-electron chi connectivity index (χ1n) is 5.09. The Bertz CT molecular complexity index is 772. The summed E-state index contributed by atoms with van der Waals surface area (Å²) in [6, 6.07) is 4.41. The quantitative estimate of drug-likeness (QED) is 0.899. The van der Waals surface area contributed by atoms with Crippen molar-refractivity contribution in [1.82, 2.24) is 0 Å². The number of carboxylic acids is 1. The Balaban J connectivity index is 2.30. The van der Waals surface area contributed by atoms with Crippen LogP contribution in [-0.4, -0.2) is 19.5 Å². The van der Waals surface area contributed by atoms with Crippen LogP contribution in [0.25, 0.3) is 0 Å². The molecule has 0 fully saturated rings. The van der Waals surface area contributed by atoms with E-state index in [4.69, 9.17) is 16.7 Å². The van der Waals surface area contributed by atoms with Gasteiger partial charge in [0.2, 0.25) is 0 Å². The van der Waals surface area contributed by atoms with Crippen LogP contribution >= 0.6 is 22.9 Å². The molecule has 9 heteroatoms. The standard InChI is InChI=1S/C11H7ClFNO4S2/c12-8-4-7(1-2-9(8)13)14-20(17,18)10-3-6(5-19-10)11(15)16/h1-5,14H,(H,15,16). The van der Waals surface area contributed by atoms with E-state index >= 15 is 0 Å². The largest absolute Gasteiger partial charge is 0.478 e. The van der Waals surface area contributed by atoms with Crippen LogP contribution in [-0.2, 0) is 10.0 Å². The van der Waals surface area contributed by atoms with Gasteiger partial charge in [-0.15, -0.1) is 11.3 Å². The number of benzene rings is 1. The van der Waals surface area contributed by atoms with Gasteiger partial charge < -0.3 is 5.11 Å². The summed E-state index contributed by atoms with van der Waals surface area (Å²) in [4.78, 5) is 10.7. The van der Waals surface area contributed by atoms with E-state index in [0.717, 1.165) is 29.5 Å². The monoisotopic (exact) mass is 335 g/mol. The number of rotatable bonds is 4. The summed E-state index contributed by atoms with van der Waals surface area (Å²) in [6.45, 7) is 0. The highest BCUT2D eigenvalue weighted by Gasteiger charge is 2.19. The maximum atomic E-state index is 13.0. The number of sulfonamides is 1. The lowest BCUT2D eigenvalue weighted by Crippen LogP contribution is -2.11. The highest BCUT2D eigenvalue weighted by Crippen LogP contribution is 2.25. The van der Waals surface area contributed by atoms with Crippen molar-refractivity contribution < 1.29 is 22.7 Å². The van der Waals surface area contributed by atoms with E-state index in [1.807, 2.05) is 0 Å². The van der Waals surface area contributed by atoms with Crippen molar-refractivity contribution in [3.05, 3.63) is 46.0 Å². The molecule has 0 aliphatic carbocycles. The summed E-state index contributed by atoms with van der Waals surface area (Å²) in [5, 5.41) is 9.75. The van der Waals surface area contributed by atoms with Crippen LogP contribution in [0.4, 0.5) is 10.1 Å². The molecule has 0 saturated heterocycles. The molecule has 0 amide bonds. The van der Waals surface area contributed by atoms with Gasteiger partial charge in [-0.05, 0) is 24.3 Å². The van der Waals surface area contributed by atoms with Crippen LogP contribution in [0.1, 0.15) is 10.4 Å². The van der Waals surface area contributed by atoms with Gasteiger partial charge in [-0.2, -0.15) is 0 Å². The van der Waals surface area contributed by atoms with Gasteiger partial charge in [-0.3, -0.25) is 4.72 Å². The third-order valence-corrected chi connectivity index (χ3v) is 5.37. The van der Waals surface area contributed by atoms with Crippen molar-refractivity contribution in [2.75, 3.05) is 4.72 Å². The molecule has 20 heavy (non-hydrogen) atoms. The molecule has 0 saturated carbocycles. The summed E-state index contributed by atoms with van der Waals surface area (Å²) < 4.78 is 39.0. The van der Waals surface area contributed by atoms with Crippen LogP contribution in [0.3, 0.4) is 0 Å². The fraction of sp³-hybridized carbons (Fsp3) is 0. The fourth-order valence-electron chi connectivity index (χ4n) is 1.33. The van der Waals surface area contributed by atoms with Crippen molar-refractivity contribution in [2.24, 2.45) is 0 Å². The molecule has 0 unspecified atom stereocenters. The third-order valence-electron chi connectivity index (χ3n) is 2.26. The first kappa shape index (κ1) is 14.8. The van der Waals surface area contributed by atoms with Gasteiger partial charge >= 0.3 is 5.97 Å². The zero-order valence-electron chi connectivity index (χ0n) is 9.63. The van der Waals surface area contributed by atoms with Gasteiger partial charge in [0.25, 0.3) is 10.0 Å². The molecule has 0 bridgehead atoms. The molecule has 0 aliphatic rings. The smallest absolute Gasteiger partial charge is 0.336 e. The average molecular weight is 336 g/mol. The second-order valence-corrected chi connectivity index (χ2v) is 6.92. The van der Waals surface area contributed by atoms with E-state index in [2.05, 4.69) is 4.72 Å². The lowest BCUT2D eigenvalue weighted by Gasteiger charge is -2.06. The van der Waals surface area contributed by atoms with Crippen LogP contribution in [0.2, 0.25) is 5.02 Å². The molecular formula is C11H7ClFNO4S2. The van der Waals surface area contributed by atoms with Crippen LogP contribution in [0.15, 0.2) is 33.9 Å². The second kappa shape index (κ2) is 5.39. The summed E-state index contributed by atoms with van der Waals surface area (Å²) in [6.07, 6.45) is 0. The lowest BCUT2D eigenvalue weighted by atomic mass is 10.3. The Morgan fingerprint density at radius 3 is 2.60 bits per heavy atom. The molecule has 2 rings (SSSR count). The molecule has 0 aliphatic heterocycles. The number of hydrogen-bond acceptors (Lipinski definition) is 4. The van der Waals surface area contributed by atoms with Gasteiger partial charge in [0.05, 0.1) is 16.3 Å². The molecule has 1 aromatic carbocycles. The van der Waals surface area contributed by atoms with Crippen molar-refractivity contribution in [3.8, 4) is 0 Å². The van der Waals surface area contributed by atoms with Gasteiger partial charge in [-0.25, -0.2) is 17.6 Å². The fourth-order valence-corrected chi connectivity index (χ4v) is 3.72. The van der Waals surface area contributed by atoms with E-state index < -0.39 is 21.8 Å². The van der Waals surface area contributed by atoms with Crippen molar-refractivity contribution in [1.29, 1.82) is 0 Å². The SMILES string of the molecule is O=C(O)c1csc(S(=O)(=O)Nc2ccc(F)c(Cl)c2)c1. The molecule has 106 valence electrons. The Morgan fingerprint density at radius 2 is 2.05 bits per heavy atom. The number of aromatic carboxylic acids is 1. The molecule has 1 aromatic heterocycles. The maximum absolute atomic E-state index is 13.0. The Morgan fingerprint density at radius 1 is 1.35 bits per heavy atom. The first-order valence-corrected chi connectivity index (χ1v) is 7.83. The van der Waals surface area contributed by atoms with E-state index in [1.54, 1.807) is 0 Å². The molecule has 2 N–H and O–H groups in total. The second-order valence-electron chi connectivity index (χ2n) is 3.69. The van der Waals surface area contributed by atoms with Gasteiger partial charge in [0.15, 0.2) is 0 Å². The summed E-state index contributed by atoms with van der Waals surface area (Å²) in [7, 11) is -3.93. The normalized spacial score (nSPS) is 11.3. The lowest BCUT2D eigenvalue weighted by molar-refractivity contribution is 0.0697. The number of carbonyl (C=O) groups is 1. The number of anilines is 1. The van der Waals surface area contributed by atoms with E-state index in [0.29, 0.717) is 0 Å². The topological polar surface area (TPSA) is 83.5 Å². The number of nitrogens with one attached hydrogen (secondary N) is 1. The number of thiophene rings is 1. The molecule has 0 spiro atoms. The predicted octanol–water partition coefficient (Wildman–Crippen LogP) is 3.04. The van der Waals surface area contributed by atoms with Crippen molar-refractivity contribution in [2.45, 2.75) is 4.21 Å². The molecule has 0 radical (unpaired) electrons. The van der Waals surface area contributed by atoms with E-state index in [9.17, 15) is 17.6 Å². The van der Waals surface area contributed by atoms with Gasteiger partial charge in [0.1, 0.15) is 10.0 Å². The minimum atomic E-state index is -3.93. The van der Waals surface area contributed by atoms with Crippen LogP contribution < -0.4 is 4.72 Å². The Labute approximate surface area is 122 Å². The van der Waals surface area contributed by atoms with Crippen LogP contribution in [0.5, 0.6) is 0 Å². The predicted molar refractivity (Wildman–Crippen MR) is 73.5 cm³/mol. The van der Waals surface area contributed by atoms with Crippen molar-refractivity contribution >= 4 is 44.6 Å². The average Bonchev–Trinajstić information content (AvgIpc) is 2.84. The molecule has 0 atom stereocenters. The Hall–Kier alpha value is -1.64. The first-order chi connectivity index (χ1) is 9.29. The van der Waals surface area contributed by atoms with Crippen molar-refractivity contribution in [3.63, 3.8) is 0 Å². The number of halogens is 2. The third kappa shape index (κ3) is 3.09. The minimum absolute atomic E-state index is 0.0849. The number of hydrogen-bond donors (Lipinski definition) is 2. The summed E-state index contributed by atoms with van der Waals surface area (Å²) in [5.74, 6) is -1.88. The van der Waals surface area contributed by atoms with E-state index in [1.165, 1.54) is 11.4 Å². The maximum Gasteiger partial charge on any atom is 0.336 e. The highest BCUT2D eigenvalue weighted by molar-refractivity contribution is 7.94. The molecule has 2 aromatic rings. The van der Waals surface area contributed by atoms with Crippen LogP contribution in [0, 0.1) is 5.82 Å². The molecule has 1 heterocycles. The van der Waals surface area contributed by atoms with E-state index in [-0.39, 0.29) is 20.5 Å². The zero-order chi connectivity index (χ0) is 14.9. The van der Waals surface area contributed by atoms with Gasteiger partial charge in [0, 0.05) is 5.38 Å². The summed E-state index contributed by atoms with van der Waals surface area (Å²) in [5.41, 5.74) is -0.0332. The zero-order valence-corrected chi connectivity index (χ0v) is 12.0. The summed E-state index contributed by atoms with van der Waals surface area (Å²) >= 11 is 6.32.